The maximum atomic E-state index is 12.9. The maximum absolute atomic E-state index is 12.9. The Morgan fingerprint density at radius 1 is 1.29 bits per heavy atom. The molecule has 2 N–H and O–H groups in total. The van der Waals surface area contributed by atoms with E-state index in [1.165, 1.54) is 0 Å². The van der Waals surface area contributed by atoms with Gasteiger partial charge in [-0.15, -0.1) is 0 Å². The lowest BCUT2D eigenvalue weighted by molar-refractivity contribution is -0.0496. The van der Waals surface area contributed by atoms with Crippen LogP contribution in [0.1, 0.15) is 46.0 Å². The summed E-state index contributed by atoms with van der Waals surface area (Å²) in [4.78, 5) is 0. The minimum atomic E-state index is -2.40. The third kappa shape index (κ3) is 3.52. The summed E-state index contributed by atoms with van der Waals surface area (Å²) in [5.74, 6) is -1.95. The van der Waals surface area contributed by atoms with Crippen molar-refractivity contribution in [2.45, 2.75) is 51.9 Å². The molecule has 0 bridgehead atoms. The van der Waals surface area contributed by atoms with Crippen molar-refractivity contribution in [3.63, 3.8) is 0 Å². The van der Waals surface area contributed by atoms with Crippen LogP contribution in [-0.2, 0) is 0 Å². The van der Waals surface area contributed by atoms with Gasteiger partial charge in [-0.1, -0.05) is 13.8 Å². The first-order chi connectivity index (χ1) is 6.35. The molecule has 1 aliphatic carbocycles. The zero-order valence-electron chi connectivity index (χ0n) is 9.15. The van der Waals surface area contributed by atoms with Gasteiger partial charge in [0.1, 0.15) is 0 Å². The number of halogens is 2. The monoisotopic (exact) mass is 205 g/mol. The molecule has 1 aliphatic rings. The van der Waals surface area contributed by atoms with Gasteiger partial charge in [-0.2, -0.15) is 0 Å². The molecule has 0 aliphatic heterocycles. The summed E-state index contributed by atoms with van der Waals surface area (Å²) in [7, 11) is 0. The Hall–Kier alpha value is -0.180. The van der Waals surface area contributed by atoms with E-state index in [0.29, 0.717) is 25.3 Å². The highest BCUT2D eigenvalue weighted by Crippen LogP contribution is 2.40. The first-order valence-corrected chi connectivity index (χ1v) is 5.43. The molecular weight excluding hydrogens is 184 g/mol. The van der Waals surface area contributed by atoms with Crippen molar-refractivity contribution >= 4 is 0 Å². The van der Waals surface area contributed by atoms with Crippen LogP contribution in [0.2, 0.25) is 0 Å². The quantitative estimate of drug-likeness (QED) is 0.752. The van der Waals surface area contributed by atoms with Gasteiger partial charge in [-0.05, 0) is 37.1 Å². The third-order valence-corrected chi connectivity index (χ3v) is 3.23. The molecule has 0 atom stereocenters. The second kappa shape index (κ2) is 4.13. The summed E-state index contributed by atoms with van der Waals surface area (Å²) in [5, 5.41) is 0. The van der Waals surface area contributed by atoms with Gasteiger partial charge in [0.25, 0.3) is 0 Å². The van der Waals surface area contributed by atoms with E-state index >= 15 is 0 Å². The van der Waals surface area contributed by atoms with Crippen molar-refractivity contribution in [3.8, 4) is 0 Å². The SMILES string of the molecule is CC(C)(CN)CC1CCC(F)(F)CC1. The Balaban J connectivity index is 2.36. The topological polar surface area (TPSA) is 26.0 Å². The van der Waals surface area contributed by atoms with Crippen molar-refractivity contribution in [1.29, 1.82) is 0 Å². The van der Waals surface area contributed by atoms with E-state index in [9.17, 15) is 8.78 Å². The lowest BCUT2D eigenvalue weighted by Gasteiger charge is -2.33. The smallest absolute Gasteiger partial charge is 0.248 e. The molecule has 0 aromatic rings. The van der Waals surface area contributed by atoms with Gasteiger partial charge in [0.2, 0.25) is 5.92 Å². The number of hydrogen-bond acceptors (Lipinski definition) is 1. The molecule has 0 aromatic carbocycles. The Bertz CT molecular complexity index is 180. The van der Waals surface area contributed by atoms with Crippen molar-refractivity contribution in [2.24, 2.45) is 17.1 Å². The Morgan fingerprint density at radius 3 is 2.21 bits per heavy atom. The molecule has 0 saturated heterocycles. The van der Waals surface area contributed by atoms with E-state index in [1.807, 2.05) is 0 Å². The van der Waals surface area contributed by atoms with Crippen LogP contribution in [-0.4, -0.2) is 12.5 Å². The largest absolute Gasteiger partial charge is 0.330 e. The van der Waals surface area contributed by atoms with Crippen LogP contribution in [0.3, 0.4) is 0 Å². The summed E-state index contributed by atoms with van der Waals surface area (Å²) in [6, 6.07) is 0. The summed E-state index contributed by atoms with van der Waals surface area (Å²) in [6.45, 7) is 4.86. The molecular formula is C11H21F2N. The molecule has 1 fully saturated rings. The Kier molecular flexibility index (Phi) is 3.51. The van der Waals surface area contributed by atoms with Crippen molar-refractivity contribution in [2.75, 3.05) is 6.54 Å². The molecule has 0 aromatic heterocycles. The second-order valence-corrected chi connectivity index (χ2v) is 5.37. The van der Waals surface area contributed by atoms with Crippen LogP contribution >= 0.6 is 0 Å². The van der Waals surface area contributed by atoms with Gasteiger partial charge in [0.05, 0.1) is 0 Å². The highest BCUT2D eigenvalue weighted by Gasteiger charge is 2.36. The molecule has 0 radical (unpaired) electrons. The summed E-state index contributed by atoms with van der Waals surface area (Å²) < 4.78 is 25.7. The fraction of sp³-hybridized carbons (Fsp3) is 1.00. The van der Waals surface area contributed by atoms with Crippen LogP contribution in [0.15, 0.2) is 0 Å². The van der Waals surface area contributed by atoms with Gasteiger partial charge in [-0.25, -0.2) is 8.78 Å². The average Bonchev–Trinajstić information content (AvgIpc) is 2.09. The van der Waals surface area contributed by atoms with Crippen LogP contribution < -0.4 is 5.73 Å². The first kappa shape index (κ1) is 11.9. The molecule has 84 valence electrons. The standard InChI is InChI=1S/C11H21F2N/c1-10(2,8-14)7-9-3-5-11(12,13)6-4-9/h9H,3-8,14H2,1-2H3. The molecule has 1 rings (SSSR count). The predicted octanol–water partition coefficient (Wildman–Crippen LogP) is 3.19. The molecule has 0 spiro atoms. The lowest BCUT2D eigenvalue weighted by atomic mass is 9.76. The first-order valence-electron chi connectivity index (χ1n) is 5.43. The van der Waals surface area contributed by atoms with Crippen molar-refractivity contribution in [1.82, 2.24) is 0 Å². The molecule has 0 amide bonds. The van der Waals surface area contributed by atoms with E-state index in [-0.39, 0.29) is 18.3 Å². The van der Waals surface area contributed by atoms with Crippen LogP contribution in [0.25, 0.3) is 0 Å². The van der Waals surface area contributed by atoms with E-state index in [0.717, 1.165) is 6.42 Å². The molecule has 3 heteroatoms. The lowest BCUT2D eigenvalue weighted by Crippen LogP contribution is -2.31. The number of alkyl halides is 2. The van der Waals surface area contributed by atoms with Gasteiger partial charge in [0.15, 0.2) is 0 Å². The highest BCUT2D eigenvalue weighted by atomic mass is 19.3. The van der Waals surface area contributed by atoms with E-state index < -0.39 is 5.92 Å². The minimum absolute atomic E-state index is 0.0678. The fourth-order valence-electron chi connectivity index (χ4n) is 2.17. The van der Waals surface area contributed by atoms with Gasteiger partial charge >= 0.3 is 0 Å². The third-order valence-electron chi connectivity index (χ3n) is 3.23. The summed E-state index contributed by atoms with van der Waals surface area (Å²) >= 11 is 0. The van der Waals surface area contributed by atoms with Crippen molar-refractivity contribution < 1.29 is 8.78 Å². The number of rotatable bonds is 3. The zero-order chi connectivity index (χ0) is 10.8. The van der Waals surface area contributed by atoms with Gasteiger partial charge in [-0.3, -0.25) is 0 Å². The molecule has 0 unspecified atom stereocenters. The van der Waals surface area contributed by atoms with E-state index in [2.05, 4.69) is 13.8 Å². The number of hydrogen-bond donors (Lipinski definition) is 1. The highest BCUT2D eigenvalue weighted by molar-refractivity contribution is 4.81. The molecule has 1 saturated carbocycles. The summed E-state index contributed by atoms with van der Waals surface area (Å²) in [5.41, 5.74) is 5.74. The fourth-order valence-corrected chi connectivity index (χ4v) is 2.17. The van der Waals surface area contributed by atoms with Crippen LogP contribution in [0.4, 0.5) is 8.78 Å². The zero-order valence-corrected chi connectivity index (χ0v) is 9.15. The Morgan fingerprint density at radius 2 is 1.79 bits per heavy atom. The average molecular weight is 205 g/mol. The van der Waals surface area contributed by atoms with Crippen LogP contribution in [0, 0.1) is 11.3 Å². The van der Waals surface area contributed by atoms with E-state index in [1.54, 1.807) is 0 Å². The molecule has 14 heavy (non-hydrogen) atoms. The van der Waals surface area contributed by atoms with Gasteiger partial charge < -0.3 is 5.73 Å². The molecule has 1 nitrogen and oxygen atoms in total. The Labute approximate surface area is 85.1 Å². The van der Waals surface area contributed by atoms with Crippen molar-refractivity contribution in [3.05, 3.63) is 0 Å². The van der Waals surface area contributed by atoms with Gasteiger partial charge in [0, 0.05) is 12.8 Å². The predicted molar refractivity (Wildman–Crippen MR) is 54.4 cm³/mol. The minimum Gasteiger partial charge on any atom is -0.330 e. The van der Waals surface area contributed by atoms with Crippen LogP contribution in [0.5, 0.6) is 0 Å². The number of nitrogens with two attached hydrogens (primary N) is 1. The normalized spacial score (nSPS) is 23.8. The van der Waals surface area contributed by atoms with E-state index in [4.69, 9.17) is 5.73 Å². The second-order valence-electron chi connectivity index (χ2n) is 5.37. The maximum Gasteiger partial charge on any atom is 0.248 e. The summed E-state index contributed by atoms with van der Waals surface area (Å²) in [6.07, 6.45) is 2.45. The molecule has 0 heterocycles.